The molecule has 0 aromatic rings. The molecule has 0 saturated heterocycles. The van der Waals surface area contributed by atoms with Gasteiger partial charge in [0.15, 0.2) is 0 Å². The first-order valence-electron chi connectivity index (χ1n) is 2.67. The molecular formula is B9. The Bertz CT molecular complexity index is 64.4. The highest BCUT2D eigenvalue weighted by atomic mass is 13.0. The Morgan fingerprint density at radius 3 is 1.56 bits per heavy atom. The smallest absolute Gasteiger partial charge is 0 e. The first-order chi connectivity index (χ1) is 4.09. The molecule has 9 heavy (non-hydrogen) atoms. The molecule has 9 heteroatoms. The molecule has 0 atom stereocenters. The Morgan fingerprint density at radius 2 is 1.44 bits per heavy atom. The van der Waals surface area contributed by atoms with Crippen molar-refractivity contribution in [3.05, 3.63) is 0 Å². The first-order valence-corrected chi connectivity index (χ1v) is 2.67. The Kier molecular flexibility index (Phi) is 4.69. The van der Waals surface area contributed by atoms with Crippen molar-refractivity contribution in [3.63, 3.8) is 0 Å². The molecule has 0 aliphatic carbocycles. The Labute approximate surface area is 65.5 Å². The minimum Gasteiger partial charge on any atom is 0 e. The number of hydrogen-bond donors (Lipinski definition) is 0. The SMILES string of the molecule is [B][B]B([B])B([B])B([B])[B]. The van der Waals surface area contributed by atoms with Crippen molar-refractivity contribution in [2.24, 2.45) is 0 Å². The van der Waals surface area contributed by atoms with E-state index in [1.165, 1.54) is 7.06 Å². The largest absolute Gasteiger partial charge is 0 e. The summed E-state index contributed by atoms with van der Waals surface area (Å²) >= 11 is 0. The van der Waals surface area contributed by atoms with Crippen LogP contribution >= 0.6 is 0 Å². The van der Waals surface area contributed by atoms with Gasteiger partial charge >= 0.3 is 0 Å². The van der Waals surface area contributed by atoms with Crippen LogP contribution in [0.1, 0.15) is 0 Å². The topological polar surface area (TPSA) is 0 Å². The van der Waals surface area contributed by atoms with Crippen LogP contribution in [0.3, 0.4) is 0 Å². The Hall–Kier alpha value is 0.584. The molecule has 0 aromatic heterocycles. The van der Waals surface area contributed by atoms with Gasteiger partial charge in [-0.05, 0) is 0 Å². The second kappa shape index (κ2) is 4.41. The lowest BCUT2D eigenvalue weighted by molar-refractivity contribution is 3.59. The van der Waals surface area contributed by atoms with Crippen LogP contribution in [0.2, 0.25) is 0 Å². The fraction of sp³-hybridized carbons (Fsp3) is 0. The lowest BCUT2D eigenvalue weighted by Gasteiger charge is -2.16. The Morgan fingerprint density at radius 1 is 1.00 bits per heavy atom. The average molecular weight is 97.3 g/mol. The average Bonchev–Trinajstić information content (AvgIpc) is 1.84. The molecule has 0 rings (SSSR count). The molecule has 0 bridgehead atoms. The summed E-state index contributed by atoms with van der Waals surface area (Å²) < 4.78 is 0. The maximum Gasteiger partial charge on any atom is 0 e. The lowest BCUT2D eigenvalue weighted by atomic mass is 8.65. The van der Waals surface area contributed by atoms with Crippen LogP contribution < -0.4 is 0 Å². The van der Waals surface area contributed by atoms with Gasteiger partial charge in [0, 0.05) is 64.9 Å². The van der Waals surface area contributed by atoms with Gasteiger partial charge in [-0.25, -0.2) is 0 Å². The monoisotopic (exact) mass is 99.1 g/mol. The van der Waals surface area contributed by atoms with Crippen LogP contribution in [0.25, 0.3) is 0 Å². The molecule has 0 N–H and O–H groups in total. The van der Waals surface area contributed by atoms with E-state index in [1.54, 1.807) is 0 Å². The van der Waals surface area contributed by atoms with Gasteiger partial charge in [-0.15, -0.1) is 0 Å². The normalized spacial score (nSPS) is 8.00. The molecule has 0 nitrogen and oxygen atoms in total. The Balaban J connectivity index is 3.58. The molecule has 0 amide bonds. The fourth-order valence-corrected chi connectivity index (χ4v) is 0.385. The highest BCUT2D eigenvalue weighted by molar-refractivity contribution is 7.92. The van der Waals surface area contributed by atoms with Crippen molar-refractivity contribution in [2.45, 2.75) is 0 Å². The van der Waals surface area contributed by atoms with Crippen molar-refractivity contribution in [2.75, 3.05) is 0 Å². The third-order valence-corrected chi connectivity index (χ3v) is 1.11. The summed E-state index contributed by atoms with van der Waals surface area (Å²) in [6, 6.07) is 0. The molecule has 0 aliphatic rings. The summed E-state index contributed by atoms with van der Waals surface area (Å²) in [6.07, 6.45) is -1.50. The second-order valence-corrected chi connectivity index (χ2v) is 1.92. The summed E-state index contributed by atoms with van der Waals surface area (Å²) in [7, 11) is 27.5. The number of rotatable bonds is 3. The molecular weight excluding hydrogens is 97.3 g/mol. The highest BCUT2D eigenvalue weighted by Gasteiger charge is 2.17. The van der Waals surface area contributed by atoms with Crippen LogP contribution in [0.15, 0.2) is 0 Å². The quantitative estimate of drug-likeness (QED) is 0.322. The van der Waals surface area contributed by atoms with Gasteiger partial charge in [-0.1, -0.05) is 0 Å². The summed E-state index contributed by atoms with van der Waals surface area (Å²) in [5, 5.41) is 0. The molecule has 0 saturated carbocycles. The lowest BCUT2D eigenvalue weighted by Crippen LogP contribution is -2.54. The van der Waals surface area contributed by atoms with Gasteiger partial charge in [0.2, 0.25) is 0 Å². The van der Waals surface area contributed by atoms with Gasteiger partial charge in [0.25, 0.3) is 0 Å². The maximum absolute atomic E-state index is 5.38. The van der Waals surface area contributed by atoms with E-state index in [2.05, 4.69) is 0 Å². The minimum absolute atomic E-state index is 0.426. The fourth-order valence-electron chi connectivity index (χ4n) is 0.385. The minimum atomic E-state index is -0.611. The van der Waals surface area contributed by atoms with Crippen LogP contribution in [-0.4, -0.2) is 64.9 Å². The van der Waals surface area contributed by atoms with E-state index in [-0.39, 0.29) is 0 Å². The van der Waals surface area contributed by atoms with Gasteiger partial charge < -0.3 is 0 Å². The summed E-state index contributed by atoms with van der Waals surface area (Å²) in [5.41, 5.74) is 0. The molecule has 11 radical (unpaired) electrons. The van der Waals surface area contributed by atoms with Crippen LogP contribution in [0.4, 0.5) is 0 Å². The highest BCUT2D eigenvalue weighted by Crippen LogP contribution is 1.79. The van der Waals surface area contributed by atoms with E-state index in [9.17, 15) is 0 Å². The van der Waals surface area contributed by atoms with E-state index in [1.807, 2.05) is 0 Å². The molecule has 0 aliphatic heterocycles. The zero-order valence-corrected chi connectivity index (χ0v) is 5.20. The van der Waals surface area contributed by atoms with Crippen molar-refractivity contribution in [1.29, 1.82) is 0 Å². The first kappa shape index (κ1) is 9.58. The standard InChI is InChI=1S/B9/c1-6-8(4)9(5)7(2)3. The summed E-state index contributed by atoms with van der Waals surface area (Å²) in [5.74, 6) is 0. The molecule has 27 valence electrons. The summed E-state index contributed by atoms with van der Waals surface area (Å²) in [6.45, 7) is 0. The van der Waals surface area contributed by atoms with E-state index < -0.39 is 19.2 Å². The third-order valence-electron chi connectivity index (χ3n) is 1.11. The summed E-state index contributed by atoms with van der Waals surface area (Å²) in [4.78, 5) is 0. The molecule has 0 aromatic carbocycles. The van der Waals surface area contributed by atoms with Crippen LogP contribution in [0.5, 0.6) is 0 Å². The predicted molar refractivity (Wildman–Crippen MR) is 51.8 cm³/mol. The van der Waals surface area contributed by atoms with Gasteiger partial charge in [-0.3, -0.25) is 0 Å². The molecule has 0 fully saturated rings. The van der Waals surface area contributed by atoms with Gasteiger partial charge in [0.1, 0.15) is 0 Å². The van der Waals surface area contributed by atoms with E-state index in [0.29, 0.717) is 0 Å². The second-order valence-electron chi connectivity index (χ2n) is 1.92. The zero-order chi connectivity index (χ0) is 7.44. The van der Waals surface area contributed by atoms with Crippen LogP contribution in [0, 0.1) is 0 Å². The molecule has 0 heterocycles. The van der Waals surface area contributed by atoms with Gasteiger partial charge in [0.05, 0.1) is 0 Å². The third kappa shape index (κ3) is 3.32. The number of hydrogen-bond acceptors (Lipinski definition) is 0. The predicted octanol–water partition coefficient (Wildman–Crippen LogP) is -3.43. The van der Waals surface area contributed by atoms with Crippen LogP contribution in [-0.2, 0) is 0 Å². The van der Waals surface area contributed by atoms with Crippen molar-refractivity contribution in [3.8, 4) is 0 Å². The van der Waals surface area contributed by atoms with E-state index in [0.717, 1.165) is 0 Å². The maximum atomic E-state index is 5.38. The molecule has 0 unspecified atom stereocenters. The van der Waals surface area contributed by atoms with Gasteiger partial charge in [-0.2, -0.15) is 0 Å². The van der Waals surface area contributed by atoms with Crippen molar-refractivity contribution >= 4 is 64.9 Å². The van der Waals surface area contributed by atoms with Crippen molar-refractivity contribution < 1.29 is 0 Å². The van der Waals surface area contributed by atoms with E-state index >= 15 is 0 Å². The van der Waals surface area contributed by atoms with Crippen molar-refractivity contribution in [1.82, 2.24) is 0 Å². The van der Waals surface area contributed by atoms with E-state index in [4.69, 9.17) is 38.7 Å². The zero-order valence-electron chi connectivity index (χ0n) is 5.20. The molecule has 0 spiro atoms.